The number of nitrogens with one attached hydrogen (secondary N) is 1. The monoisotopic (exact) mass is 755 g/mol. The number of nitrogens with zero attached hydrogens (tertiary/aromatic N) is 2. The molecule has 0 radical (unpaired) electrons. The number of anilines is 1. The van der Waals surface area contributed by atoms with Gasteiger partial charge in [-0.15, -0.1) is 0 Å². The molecule has 48 heavy (non-hydrogen) atoms. The summed E-state index contributed by atoms with van der Waals surface area (Å²) in [4.78, 5) is 30.0. The molecule has 0 fully saturated rings. The summed E-state index contributed by atoms with van der Waals surface area (Å²) in [6.07, 6.45) is 0.203. The summed E-state index contributed by atoms with van der Waals surface area (Å²) in [6.45, 7) is 5.03. The highest BCUT2D eigenvalue weighted by molar-refractivity contribution is 9.10. The fourth-order valence-electron chi connectivity index (χ4n) is 5.03. The van der Waals surface area contributed by atoms with Gasteiger partial charge in [0, 0.05) is 34.1 Å². The van der Waals surface area contributed by atoms with Gasteiger partial charge in [0.15, 0.2) is 11.5 Å². The standard InChI is InChI=1S/C36H39BrClN3O6S/c1-36(2,3)39-35(43)31(21-25-9-7-6-8-10-25)40(23-26-11-13-27(37)14-12-26)34(42)24-41(29-17-15-28(38)16-18-29)48(44,45)30-19-20-32(46-4)33(22-30)47-5/h6-20,22,31H,21,23-24H2,1-5H3,(H,39,43). The zero-order valence-electron chi connectivity index (χ0n) is 27.4. The summed E-state index contributed by atoms with van der Waals surface area (Å²) < 4.78 is 41.3. The maximum atomic E-state index is 14.6. The Bertz CT molecular complexity index is 1820. The van der Waals surface area contributed by atoms with Gasteiger partial charge in [0.1, 0.15) is 12.6 Å². The molecule has 9 nitrogen and oxygen atoms in total. The van der Waals surface area contributed by atoms with Crippen molar-refractivity contribution in [1.82, 2.24) is 10.2 Å². The van der Waals surface area contributed by atoms with Crippen molar-refractivity contribution in [2.24, 2.45) is 0 Å². The zero-order chi connectivity index (χ0) is 35.1. The van der Waals surface area contributed by atoms with E-state index in [9.17, 15) is 18.0 Å². The SMILES string of the molecule is COc1ccc(S(=O)(=O)N(CC(=O)N(Cc2ccc(Br)cc2)C(Cc2ccccc2)C(=O)NC(C)(C)C)c2ccc(Cl)cc2)cc1OC. The topological polar surface area (TPSA) is 105 Å². The van der Waals surface area contributed by atoms with Crippen molar-refractivity contribution < 1.29 is 27.5 Å². The highest BCUT2D eigenvalue weighted by Gasteiger charge is 2.36. The second-order valence-electron chi connectivity index (χ2n) is 12.1. The number of methoxy groups -OCH3 is 2. The van der Waals surface area contributed by atoms with E-state index in [1.54, 1.807) is 12.1 Å². The Morgan fingerprint density at radius 2 is 1.48 bits per heavy atom. The lowest BCUT2D eigenvalue weighted by molar-refractivity contribution is -0.140. The molecular formula is C36H39BrClN3O6S. The van der Waals surface area contributed by atoms with Gasteiger partial charge in [-0.1, -0.05) is 70.0 Å². The van der Waals surface area contributed by atoms with Crippen molar-refractivity contribution in [2.75, 3.05) is 25.1 Å². The third-order valence-electron chi connectivity index (χ3n) is 7.37. The predicted octanol–water partition coefficient (Wildman–Crippen LogP) is 6.87. The number of hydrogen-bond acceptors (Lipinski definition) is 6. The molecule has 0 aliphatic heterocycles. The minimum atomic E-state index is -4.36. The van der Waals surface area contributed by atoms with E-state index in [-0.39, 0.29) is 35.2 Å². The number of halogens is 2. The molecule has 1 unspecified atom stereocenters. The molecule has 254 valence electrons. The van der Waals surface area contributed by atoms with Crippen LogP contribution in [-0.2, 0) is 32.6 Å². The van der Waals surface area contributed by atoms with E-state index in [0.717, 1.165) is 19.9 Å². The van der Waals surface area contributed by atoms with Crippen molar-refractivity contribution in [3.63, 3.8) is 0 Å². The first-order valence-corrected chi connectivity index (χ1v) is 17.7. The minimum Gasteiger partial charge on any atom is -0.493 e. The molecule has 0 saturated heterocycles. The molecule has 4 aromatic carbocycles. The number of carbonyl (C=O) groups is 2. The first kappa shape index (κ1) is 36.8. The third-order valence-corrected chi connectivity index (χ3v) is 9.92. The molecule has 0 bridgehead atoms. The van der Waals surface area contributed by atoms with Crippen molar-refractivity contribution >= 4 is 55.1 Å². The Balaban J connectivity index is 1.83. The Hall–Kier alpha value is -4.06. The highest BCUT2D eigenvalue weighted by atomic mass is 79.9. The van der Waals surface area contributed by atoms with Crippen LogP contribution in [0.2, 0.25) is 5.02 Å². The molecule has 0 aliphatic rings. The minimum absolute atomic E-state index is 0.0477. The first-order chi connectivity index (χ1) is 22.7. The van der Waals surface area contributed by atoms with E-state index >= 15 is 0 Å². The lowest BCUT2D eigenvalue weighted by atomic mass is 10.0. The zero-order valence-corrected chi connectivity index (χ0v) is 30.6. The predicted molar refractivity (Wildman–Crippen MR) is 192 cm³/mol. The van der Waals surface area contributed by atoms with E-state index in [2.05, 4.69) is 21.2 Å². The van der Waals surface area contributed by atoms with Gasteiger partial charge in [0.25, 0.3) is 10.0 Å². The summed E-state index contributed by atoms with van der Waals surface area (Å²) in [6, 6.07) is 26.2. The molecule has 0 saturated carbocycles. The van der Waals surface area contributed by atoms with Crippen LogP contribution in [-0.4, -0.2) is 57.5 Å². The maximum Gasteiger partial charge on any atom is 0.264 e. The van der Waals surface area contributed by atoms with Crippen LogP contribution >= 0.6 is 27.5 Å². The van der Waals surface area contributed by atoms with E-state index in [4.69, 9.17) is 21.1 Å². The lowest BCUT2D eigenvalue weighted by Crippen LogP contribution is -2.56. The molecule has 1 N–H and O–H groups in total. The molecule has 2 amide bonds. The van der Waals surface area contributed by atoms with Gasteiger partial charge in [-0.05, 0) is 80.4 Å². The van der Waals surface area contributed by atoms with Crippen LogP contribution in [0.25, 0.3) is 0 Å². The maximum absolute atomic E-state index is 14.6. The second-order valence-corrected chi connectivity index (χ2v) is 15.3. The van der Waals surface area contributed by atoms with E-state index in [1.165, 1.54) is 49.5 Å². The molecule has 12 heteroatoms. The van der Waals surface area contributed by atoms with Crippen LogP contribution in [0.1, 0.15) is 31.9 Å². The highest BCUT2D eigenvalue weighted by Crippen LogP contribution is 2.33. The van der Waals surface area contributed by atoms with Crippen LogP contribution in [0.4, 0.5) is 5.69 Å². The third kappa shape index (κ3) is 9.52. The molecule has 0 aliphatic carbocycles. The largest absolute Gasteiger partial charge is 0.493 e. The average Bonchev–Trinajstić information content (AvgIpc) is 3.05. The fraction of sp³-hybridized carbons (Fsp3) is 0.278. The Kier molecular flexibility index (Phi) is 12.2. The van der Waals surface area contributed by atoms with Crippen LogP contribution in [0.15, 0.2) is 106 Å². The Labute approximate surface area is 296 Å². The van der Waals surface area contributed by atoms with Crippen LogP contribution in [0.3, 0.4) is 0 Å². The summed E-state index contributed by atoms with van der Waals surface area (Å²) in [5.41, 5.74) is 1.22. The van der Waals surface area contributed by atoms with Gasteiger partial charge in [-0.3, -0.25) is 13.9 Å². The molecule has 4 aromatic rings. The van der Waals surface area contributed by atoms with Crippen LogP contribution < -0.4 is 19.1 Å². The van der Waals surface area contributed by atoms with Crippen LogP contribution in [0, 0.1) is 0 Å². The average molecular weight is 757 g/mol. The molecule has 0 spiro atoms. The molecule has 1 atom stereocenters. The second kappa shape index (κ2) is 15.9. The van der Waals surface area contributed by atoms with Crippen LogP contribution in [0.5, 0.6) is 11.5 Å². The number of hydrogen-bond donors (Lipinski definition) is 1. The van der Waals surface area contributed by atoms with Crippen molar-refractivity contribution in [1.29, 1.82) is 0 Å². The first-order valence-electron chi connectivity index (χ1n) is 15.1. The molecule has 0 heterocycles. The molecular weight excluding hydrogens is 718 g/mol. The van der Waals surface area contributed by atoms with E-state index in [0.29, 0.717) is 10.8 Å². The van der Waals surface area contributed by atoms with Crippen molar-refractivity contribution in [3.8, 4) is 11.5 Å². The fourth-order valence-corrected chi connectivity index (χ4v) is 6.85. The normalized spacial score (nSPS) is 12.1. The smallest absolute Gasteiger partial charge is 0.264 e. The van der Waals surface area contributed by atoms with Gasteiger partial charge in [0.2, 0.25) is 11.8 Å². The van der Waals surface area contributed by atoms with Gasteiger partial charge in [0.05, 0.1) is 24.8 Å². The summed E-state index contributed by atoms with van der Waals surface area (Å²) in [5, 5.41) is 3.42. The van der Waals surface area contributed by atoms with E-state index < -0.39 is 34.1 Å². The number of ether oxygens (including phenoxy) is 2. The van der Waals surface area contributed by atoms with Gasteiger partial charge in [-0.2, -0.15) is 0 Å². The Morgan fingerprint density at radius 1 is 0.854 bits per heavy atom. The van der Waals surface area contributed by atoms with Gasteiger partial charge < -0.3 is 19.7 Å². The number of rotatable bonds is 13. The Morgan fingerprint density at radius 3 is 2.06 bits per heavy atom. The molecule has 0 aromatic heterocycles. The number of amides is 2. The lowest BCUT2D eigenvalue weighted by Gasteiger charge is -2.35. The summed E-state index contributed by atoms with van der Waals surface area (Å²) >= 11 is 9.62. The number of benzene rings is 4. The quantitative estimate of drug-likeness (QED) is 0.160. The number of carbonyl (C=O) groups excluding carboxylic acids is 2. The summed E-state index contributed by atoms with van der Waals surface area (Å²) in [7, 11) is -1.51. The van der Waals surface area contributed by atoms with Gasteiger partial charge >= 0.3 is 0 Å². The van der Waals surface area contributed by atoms with E-state index in [1.807, 2.05) is 75.4 Å². The van der Waals surface area contributed by atoms with Crippen molar-refractivity contribution in [3.05, 3.63) is 118 Å². The number of sulfonamides is 1. The summed E-state index contributed by atoms with van der Waals surface area (Å²) in [5.74, 6) is -0.390. The van der Waals surface area contributed by atoms with Crippen molar-refractivity contribution in [2.45, 2.75) is 50.2 Å². The molecule has 4 rings (SSSR count). The van der Waals surface area contributed by atoms with Gasteiger partial charge in [-0.25, -0.2) is 8.42 Å².